The molecule has 11 heteroatoms. The minimum Gasteiger partial charge on any atom is -0.444 e. The Morgan fingerprint density at radius 3 is 2.83 bits per heavy atom. The predicted molar refractivity (Wildman–Crippen MR) is 151 cm³/mol. The molecule has 6 rings (SSSR count). The van der Waals surface area contributed by atoms with Gasteiger partial charge in [0.1, 0.15) is 11.4 Å². The number of fused-ring (bicyclic) bond motifs is 2. The lowest BCUT2D eigenvalue weighted by atomic mass is 9.73. The molecular weight excluding hydrogens is 531 g/mol. The van der Waals surface area contributed by atoms with Crippen molar-refractivity contribution in [3.63, 3.8) is 0 Å². The molecule has 0 bridgehead atoms. The van der Waals surface area contributed by atoms with Crippen molar-refractivity contribution in [2.24, 2.45) is 5.41 Å². The Hall–Kier alpha value is -3.44. The van der Waals surface area contributed by atoms with Crippen molar-refractivity contribution in [1.82, 2.24) is 24.7 Å². The average molecular weight is 565 g/mol. The van der Waals surface area contributed by atoms with E-state index >= 15 is 0 Å². The Labute approximate surface area is 236 Å². The number of ether oxygens (including phenoxy) is 2. The van der Waals surface area contributed by atoms with Crippen molar-refractivity contribution in [3.05, 3.63) is 54.9 Å². The summed E-state index contributed by atoms with van der Waals surface area (Å²) >= 11 is 1.53. The third-order valence-electron chi connectivity index (χ3n) is 7.60. The molecule has 1 N–H and O–H groups in total. The molecule has 2 aliphatic rings. The van der Waals surface area contributed by atoms with E-state index in [0.29, 0.717) is 18.7 Å². The van der Waals surface area contributed by atoms with Gasteiger partial charge in [0, 0.05) is 59.6 Å². The van der Waals surface area contributed by atoms with Gasteiger partial charge in [0.25, 0.3) is 0 Å². The van der Waals surface area contributed by atoms with Crippen LogP contribution >= 0.6 is 11.8 Å². The molecule has 1 amide bonds. The largest absolute Gasteiger partial charge is 0.444 e. The van der Waals surface area contributed by atoms with Crippen LogP contribution in [0.15, 0.2) is 58.8 Å². The van der Waals surface area contributed by atoms with Crippen LogP contribution in [-0.4, -0.2) is 62.9 Å². The number of alkyl carbamates (subject to hydrolysis) is 1. The van der Waals surface area contributed by atoms with Gasteiger partial charge in [0.05, 0.1) is 29.2 Å². The van der Waals surface area contributed by atoms with Crippen LogP contribution in [-0.2, 0) is 9.47 Å². The van der Waals surface area contributed by atoms with E-state index in [9.17, 15) is 9.18 Å². The van der Waals surface area contributed by atoms with Gasteiger partial charge < -0.3 is 19.7 Å². The number of imidazole rings is 1. The lowest BCUT2D eigenvalue weighted by Gasteiger charge is -2.45. The summed E-state index contributed by atoms with van der Waals surface area (Å²) < 4.78 is 27.4. The van der Waals surface area contributed by atoms with Crippen molar-refractivity contribution < 1.29 is 18.7 Å². The minimum atomic E-state index is -0.586. The molecule has 3 aromatic heterocycles. The second-order valence-corrected chi connectivity index (χ2v) is 12.8. The van der Waals surface area contributed by atoms with Gasteiger partial charge in [0.15, 0.2) is 5.65 Å². The number of nitrogens with one attached hydrogen (secondary N) is 1. The van der Waals surface area contributed by atoms with E-state index in [4.69, 9.17) is 14.5 Å². The Balaban J connectivity index is 1.29. The summed E-state index contributed by atoms with van der Waals surface area (Å²) in [6.07, 6.45) is 8.64. The number of carbonyl (C=O) groups excluding carboxylic acids is 1. The maximum Gasteiger partial charge on any atom is 0.407 e. The van der Waals surface area contributed by atoms with Crippen molar-refractivity contribution >= 4 is 40.4 Å². The summed E-state index contributed by atoms with van der Waals surface area (Å²) in [5, 5.41) is 4.03. The fraction of sp³-hybridized carbons (Fsp3) is 0.448. The van der Waals surface area contributed by atoms with Gasteiger partial charge in [-0.3, -0.25) is 9.38 Å². The number of rotatable bonds is 4. The van der Waals surface area contributed by atoms with Crippen LogP contribution in [0.3, 0.4) is 0 Å². The van der Waals surface area contributed by atoms with Crippen LogP contribution < -0.4 is 10.2 Å². The van der Waals surface area contributed by atoms with Gasteiger partial charge in [-0.25, -0.2) is 19.2 Å². The number of halogens is 1. The molecule has 0 saturated carbocycles. The first-order chi connectivity index (χ1) is 19.1. The molecule has 4 aromatic rings. The molecule has 3 atom stereocenters. The van der Waals surface area contributed by atoms with Gasteiger partial charge >= 0.3 is 6.09 Å². The summed E-state index contributed by atoms with van der Waals surface area (Å²) in [6, 6.07) is 6.38. The van der Waals surface area contributed by atoms with Crippen molar-refractivity contribution in [3.8, 4) is 0 Å². The molecule has 9 nitrogen and oxygen atoms in total. The summed E-state index contributed by atoms with van der Waals surface area (Å²) in [5.41, 5.74) is 0.636. The number of amides is 1. The quantitative estimate of drug-likeness (QED) is 0.349. The molecule has 40 heavy (non-hydrogen) atoms. The molecule has 1 spiro atoms. The standard InChI is InChI=1S/C29H33FN6O3S/c1-18-14-29(17-38-18)8-11-35(16-24(29)34-27(37)39-28(2,3)4)26-33-15-23(25-32-10-12-36(25)26)40-22-7-9-31-21-13-19(30)5-6-20(21)22/h5-7,9-10,12-13,15,18,24H,8,11,14,16-17H2,1-4H3,(H,34,37)/t18-,24?,29?/m0/s1. The number of aromatic nitrogens is 4. The highest BCUT2D eigenvalue weighted by molar-refractivity contribution is 7.99. The van der Waals surface area contributed by atoms with Crippen molar-refractivity contribution in [1.29, 1.82) is 0 Å². The Bertz CT molecular complexity index is 1570. The second kappa shape index (κ2) is 10.2. The second-order valence-electron chi connectivity index (χ2n) is 11.7. The number of piperidine rings is 1. The van der Waals surface area contributed by atoms with Crippen molar-refractivity contribution in [2.45, 2.75) is 68.1 Å². The highest BCUT2D eigenvalue weighted by Gasteiger charge is 2.49. The first kappa shape index (κ1) is 26.8. The van der Waals surface area contributed by atoms with Crippen LogP contribution in [0.5, 0.6) is 0 Å². The fourth-order valence-corrected chi connectivity index (χ4v) is 6.77. The van der Waals surface area contributed by atoms with Gasteiger partial charge in [-0.1, -0.05) is 11.8 Å². The van der Waals surface area contributed by atoms with E-state index in [1.54, 1.807) is 18.5 Å². The molecule has 0 radical (unpaired) electrons. The van der Waals surface area contributed by atoms with Crippen molar-refractivity contribution in [2.75, 3.05) is 24.6 Å². The molecule has 2 unspecified atom stereocenters. The molecule has 2 saturated heterocycles. The monoisotopic (exact) mass is 564 g/mol. The van der Waals surface area contributed by atoms with Gasteiger partial charge in [-0.05, 0) is 58.7 Å². The number of anilines is 1. The molecule has 1 aromatic carbocycles. The molecule has 2 fully saturated rings. The third-order valence-corrected chi connectivity index (χ3v) is 8.69. The summed E-state index contributed by atoms with van der Waals surface area (Å²) in [5.74, 6) is 0.446. The van der Waals surface area contributed by atoms with E-state index in [1.807, 2.05) is 43.6 Å². The van der Waals surface area contributed by atoms with E-state index in [-0.39, 0.29) is 23.4 Å². The van der Waals surface area contributed by atoms with Gasteiger partial charge in [-0.15, -0.1) is 0 Å². The Kier molecular flexibility index (Phi) is 6.82. The summed E-state index contributed by atoms with van der Waals surface area (Å²) in [4.78, 5) is 30.7. The molecule has 5 heterocycles. The zero-order chi connectivity index (χ0) is 28.1. The number of hydrogen-bond acceptors (Lipinski definition) is 8. The first-order valence-corrected chi connectivity index (χ1v) is 14.3. The minimum absolute atomic E-state index is 0.144. The Morgan fingerprint density at radius 1 is 1.20 bits per heavy atom. The molecular formula is C29H33FN6O3S. The molecule has 210 valence electrons. The molecule has 2 aliphatic heterocycles. The average Bonchev–Trinajstić information content (AvgIpc) is 3.52. The highest BCUT2D eigenvalue weighted by Crippen LogP contribution is 2.43. The summed E-state index contributed by atoms with van der Waals surface area (Å²) in [7, 11) is 0. The lowest BCUT2D eigenvalue weighted by Crippen LogP contribution is -2.60. The van der Waals surface area contributed by atoms with Crippen LogP contribution in [0, 0.1) is 11.2 Å². The normalized spacial score (nSPS) is 23.3. The summed E-state index contributed by atoms with van der Waals surface area (Å²) in [6.45, 7) is 9.63. The predicted octanol–water partition coefficient (Wildman–Crippen LogP) is 5.47. The van der Waals surface area contributed by atoms with E-state index in [0.717, 1.165) is 46.2 Å². The smallest absolute Gasteiger partial charge is 0.407 e. The van der Waals surface area contributed by atoms with Crippen LogP contribution in [0.2, 0.25) is 0 Å². The zero-order valence-electron chi connectivity index (χ0n) is 23.1. The first-order valence-electron chi connectivity index (χ1n) is 13.5. The number of benzene rings is 1. The third kappa shape index (κ3) is 5.19. The maximum absolute atomic E-state index is 13.8. The number of hydrogen-bond donors (Lipinski definition) is 1. The maximum atomic E-state index is 13.8. The van der Waals surface area contributed by atoms with E-state index in [2.05, 4.69) is 27.1 Å². The van der Waals surface area contributed by atoms with E-state index in [1.165, 1.54) is 23.9 Å². The highest BCUT2D eigenvalue weighted by atomic mass is 32.2. The van der Waals surface area contributed by atoms with Gasteiger partial charge in [0.2, 0.25) is 5.95 Å². The Morgan fingerprint density at radius 2 is 2.05 bits per heavy atom. The van der Waals surface area contributed by atoms with Crippen LogP contribution in [0.4, 0.5) is 15.1 Å². The zero-order valence-corrected chi connectivity index (χ0v) is 23.9. The van der Waals surface area contributed by atoms with Crippen LogP contribution in [0.25, 0.3) is 16.6 Å². The fourth-order valence-electron chi connectivity index (χ4n) is 5.77. The molecule has 0 aliphatic carbocycles. The van der Waals surface area contributed by atoms with Gasteiger partial charge in [-0.2, -0.15) is 0 Å². The number of nitrogens with zero attached hydrogens (tertiary/aromatic N) is 5. The van der Waals surface area contributed by atoms with Crippen LogP contribution in [0.1, 0.15) is 40.5 Å². The topological polar surface area (TPSA) is 93.9 Å². The number of pyridine rings is 1. The lowest BCUT2D eigenvalue weighted by molar-refractivity contribution is 0.0385. The number of carbonyl (C=O) groups is 1. The SMILES string of the molecule is C[C@H]1CC2(CCN(c3ncc(Sc4ccnc5cc(F)ccc45)c4nccn34)CC2NC(=O)OC(C)(C)C)CO1. The van der Waals surface area contributed by atoms with E-state index < -0.39 is 11.7 Å².